The molecule has 1 aromatic carbocycles. The van der Waals surface area contributed by atoms with Crippen LogP contribution < -0.4 is 5.73 Å². The Morgan fingerprint density at radius 2 is 1.81 bits per heavy atom. The zero-order valence-corrected chi connectivity index (χ0v) is 14.7. The second-order valence-electron chi connectivity index (χ2n) is 6.03. The lowest BCUT2D eigenvalue weighted by Gasteiger charge is -2.36. The molecule has 0 saturated carbocycles. The van der Waals surface area contributed by atoms with E-state index < -0.39 is 0 Å². The summed E-state index contributed by atoms with van der Waals surface area (Å²) >= 11 is 3.47. The van der Waals surface area contributed by atoms with Gasteiger partial charge in [-0.1, -0.05) is 35.0 Å². The Morgan fingerprint density at radius 1 is 1.24 bits per heavy atom. The molecule has 1 aliphatic heterocycles. The molecule has 1 aliphatic rings. The first-order chi connectivity index (χ1) is 9.99. The van der Waals surface area contributed by atoms with Gasteiger partial charge in [0.2, 0.25) is 0 Å². The highest BCUT2D eigenvalue weighted by Gasteiger charge is 2.29. The zero-order chi connectivity index (χ0) is 15.4. The molecular weight excluding hydrogens is 330 g/mol. The molecule has 0 amide bonds. The lowest BCUT2D eigenvalue weighted by Crippen LogP contribution is -2.38. The van der Waals surface area contributed by atoms with Crippen molar-refractivity contribution in [1.29, 1.82) is 0 Å². The first-order valence-electron chi connectivity index (χ1n) is 7.81. The molecule has 0 bridgehead atoms. The Balaban J connectivity index is 2.11. The van der Waals surface area contributed by atoms with Crippen molar-refractivity contribution in [2.75, 3.05) is 0 Å². The number of halogens is 1. The fourth-order valence-electron chi connectivity index (χ4n) is 2.96. The van der Waals surface area contributed by atoms with E-state index in [9.17, 15) is 0 Å². The zero-order valence-electron chi connectivity index (χ0n) is 13.1. The van der Waals surface area contributed by atoms with Crippen LogP contribution in [0.3, 0.4) is 0 Å². The molecule has 4 atom stereocenters. The molecule has 0 spiro atoms. The second kappa shape index (κ2) is 7.73. The van der Waals surface area contributed by atoms with Crippen LogP contribution in [0.1, 0.15) is 51.7 Å². The smallest absolute Gasteiger partial charge is 0.0979 e. The summed E-state index contributed by atoms with van der Waals surface area (Å²) in [6.07, 6.45) is 3.45. The van der Waals surface area contributed by atoms with Gasteiger partial charge in [-0.15, -0.1) is 0 Å². The molecule has 2 rings (SSSR count). The fraction of sp³-hybridized carbons (Fsp3) is 0.647. The maximum atomic E-state index is 6.39. The predicted octanol–water partition coefficient (Wildman–Crippen LogP) is 4.20. The van der Waals surface area contributed by atoms with Crippen molar-refractivity contribution in [3.05, 3.63) is 34.3 Å². The van der Waals surface area contributed by atoms with Crippen LogP contribution in [0.5, 0.6) is 0 Å². The first kappa shape index (κ1) is 16.9. The highest BCUT2D eigenvalue weighted by molar-refractivity contribution is 9.10. The standard InChI is InChI=1S/C17H26BrNO2/c1-4-16(19)17(13-5-7-14(18)8-6-13)21-15-9-11(2)20-12(3)10-15/h5-8,11-12,15-17H,4,9-10,19H2,1-3H3. The average molecular weight is 356 g/mol. The second-order valence-corrected chi connectivity index (χ2v) is 6.95. The Labute approximate surface area is 136 Å². The monoisotopic (exact) mass is 355 g/mol. The highest BCUT2D eigenvalue weighted by atomic mass is 79.9. The number of nitrogens with two attached hydrogens (primary N) is 1. The van der Waals surface area contributed by atoms with Gasteiger partial charge in [-0.25, -0.2) is 0 Å². The topological polar surface area (TPSA) is 44.5 Å². The third-order valence-corrected chi connectivity index (χ3v) is 4.58. The Kier molecular flexibility index (Phi) is 6.23. The van der Waals surface area contributed by atoms with E-state index in [-0.39, 0.29) is 30.5 Å². The highest BCUT2D eigenvalue weighted by Crippen LogP contribution is 2.30. The summed E-state index contributed by atoms with van der Waals surface area (Å²) in [5, 5.41) is 0. The molecule has 0 aliphatic carbocycles. The van der Waals surface area contributed by atoms with E-state index in [0.29, 0.717) is 0 Å². The number of benzene rings is 1. The van der Waals surface area contributed by atoms with Crippen LogP contribution in [0.2, 0.25) is 0 Å². The summed E-state index contributed by atoms with van der Waals surface area (Å²) in [6.45, 7) is 6.33. The molecule has 3 nitrogen and oxygen atoms in total. The predicted molar refractivity (Wildman–Crippen MR) is 89.3 cm³/mol. The SMILES string of the molecule is CCC(N)C(OC1CC(C)OC(C)C1)c1ccc(Br)cc1. The minimum Gasteiger partial charge on any atom is -0.375 e. The third kappa shape index (κ3) is 4.78. The minimum absolute atomic E-state index is 0.0135. The summed E-state index contributed by atoms with van der Waals surface area (Å²) < 4.78 is 13.3. The van der Waals surface area contributed by atoms with Crippen LogP contribution in [0.4, 0.5) is 0 Å². The molecule has 1 heterocycles. The van der Waals surface area contributed by atoms with Crippen molar-refractivity contribution < 1.29 is 9.47 Å². The van der Waals surface area contributed by atoms with Gasteiger partial charge in [-0.2, -0.15) is 0 Å². The lowest BCUT2D eigenvalue weighted by atomic mass is 9.98. The van der Waals surface area contributed by atoms with Crippen LogP contribution in [0, 0.1) is 0 Å². The van der Waals surface area contributed by atoms with Crippen molar-refractivity contribution >= 4 is 15.9 Å². The van der Waals surface area contributed by atoms with Gasteiger partial charge >= 0.3 is 0 Å². The molecule has 1 saturated heterocycles. The normalized spacial score (nSPS) is 29.1. The van der Waals surface area contributed by atoms with E-state index in [2.05, 4.69) is 48.8 Å². The van der Waals surface area contributed by atoms with E-state index in [4.69, 9.17) is 15.2 Å². The molecule has 2 N–H and O–H groups in total. The van der Waals surface area contributed by atoms with Crippen molar-refractivity contribution in [3.63, 3.8) is 0 Å². The summed E-state index contributed by atoms with van der Waals surface area (Å²) in [6, 6.07) is 8.29. The van der Waals surface area contributed by atoms with Crippen LogP contribution in [-0.4, -0.2) is 24.4 Å². The van der Waals surface area contributed by atoms with E-state index in [0.717, 1.165) is 29.3 Å². The largest absolute Gasteiger partial charge is 0.375 e. The number of ether oxygens (including phenoxy) is 2. The van der Waals surface area contributed by atoms with Crippen molar-refractivity contribution in [1.82, 2.24) is 0 Å². The van der Waals surface area contributed by atoms with E-state index in [1.807, 2.05) is 12.1 Å². The Bertz CT molecular complexity index is 427. The van der Waals surface area contributed by atoms with Crippen molar-refractivity contribution in [2.45, 2.75) is 70.5 Å². The van der Waals surface area contributed by atoms with Crippen LogP contribution in [0.15, 0.2) is 28.7 Å². The maximum absolute atomic E-state index is 6.39. The van der Waals surface area contributed by atoms with Gasteiger partial charge in [-0.3, -0.25) is 0 Å². The Hall–Kier alpha value is -0.420. The van der Waals surface area contributed by atoms with Crippen molar-refractivity contribution in [2.24, 2.45) is 5.73 Å². The summed E-state index contributed by atoms with van der Waals surface area (Å²) in [7, 11) is 0. The van der Waals surface area contributed by atoms with Gasteiger partial charge in [0.05, 0.1) is 24.4 Å². The van der Waals surface area contributed by atoms with Gasteiger partial charge < -0.3 is 15.2 Å². The number of hydrogen-bond acceptors (Lipinski definition) is 3. The quantitative estimate of drug-likeness (QED) is 0.860. The lowest BCUT2D eigenvalue weighted by molar-refractivity contribution is -0.127. The van der Waals surface area contributed by atoms with Crippen LogP contribution in [-0.2, 0) is 9.47 Å². The average Bonchev–Trinajstić information content (AvgIpc) is 2.44. The molecule has 4 heteroatoms. The van der Waals surface area contributed by atoms with Crippen LogP contribution in [0.25, 0.3) is 0 Å². The summed E-state index contributed by atoms with van der Waals surface area (Å²) in [5.74, 6) is 0. The molecule has 0 radical (unpaired) electrons. The number of rotatable bonds is 5. The van der Waals surface area contributed by atoms with Gasteiger partial charge in [0.25, 0.3) is 0 Å². The molecular formula is C17H26BrNO2. The molecule has 1 fully saturated rings. The van der Waals surface area contributed by atoms with Crippen LogP contribution >= 0.6 is 15.9 Å². The summed E-state index contributed by atoms with van der Waals surface area (Å²) in [5.41, 5.74) is 7.46. The molecule has 0 aromatic heterocycles. The maximum Gasteiger partial charge on any atom is 0.0979 e. The minimum atomic E-state index is -0.0504. The summed E-state index contributed by atoms with van der Waals surface area (Å²) in [4.78, 5) is 0. The molecule has 1 aromatic rings. The molecule has 118 valence electrons. The van der Waals surface area contributed by atoms with E-state index in [1.165, 1.54) is 0 Å². The van der Waals surface area contributed by atoms with Gasteiger partial charge in [-0.05, 0) is 50.8 Å². The molecule has 21 heavy (non-hydrogen) atoms. The molecule has 4 unspecified atom stereocenters. The Morgan fingerprint density at radius 3 is 2.33 bits per heavy atom. The van der Waals surface area contributed by atoms with Crippen molar-refractivity contribution in [3.8, 4) is 0 Å². The van der Waals surface area contributed by atoms with E-state index >= 15 is 0 Å². The third-order valence-electron chi connectivity index (χ3n) is 4.05. The van der Waals surface area contributed by atoms with Gasteiger partial charge in [0.1, 0.15) is 0 Å². The van der Waals surface area contributed by atoms with E-state index in [1.54, 1.807) is 0 Å². The first-order valence-corrected chi connectivity index (χ1v) is 8.60. The number of hydrogen-bond donors (Lipinski definition) is 1. The van der Waals surface area contributed by atoms with Gasteiger partial charge in [0, 0.05) is 10.5 Å². The fourth-order valence-corrected chi connectivity index (χ4v) is 3.22. The van der Waals surface area contributed by atoms with Gasteiger partial charge in [0.15, 0.2) is 0 Å².